The van der Waals surface area contributed by atoms with E-state index in [0.29, 0.717) is 0 Å². The van der Waals surface area contributed by atoms with Crippen molar-refractivity contribution in [1.29, 1.82) is 0 Å². The summed E-state index contributed by atoms with van der Waals surface area (Å²) in [5.74, 6) is 0.305. The fourth-order valence-electron chi connectivity index (χ4n) is 2.32. The van der Waals surface area contributed by atoms with Crippen molar-refractivity contribution in [2.24, 2.45) is 11.7 Å². The summed E-state index contributed by atoms with van der Waals surface area (Å²) in [6, 6.07) is 2.00. The van der Waals surface area contributed by atoms with Crippen molar-refractivity contribution in [3.8, 4) is 0 Å². The van der Waals surface area contributed by atoms with Crippen molar-refractivity contribution in [3.63, 3.8) is 0 Å². The lowest BCUT2D eigenvalue weighted by Gasteiger charge is -2.28. The average molecular weight is 252 g/mol. The lowest BCUT2D eigenvalue weighted by Crippen LogP contribution is -2.46. The monoisotopic (exact) mass is 252 g/mol. The average Bonchev–Trinajstić information content (AvgIpc) is 2.96. The molecular weight excluding hydrogens is 232 g/mol. The van der Waals surface area contributed by atoms with Crippen molar-refractivity contribution in [2.75, 3.05) is 6.54 Å². The second-order valence-corrected chi connectivity index (χ2v) is 5.80. The highest BCUT2D eigenvalue weighted by atomic mass is 32.1. The van der Waals surface area contributed by atoms with Crippen LogP contribution < -0.4 is 5.73 Å². The number of carbonyl (C=O) groups is 1. The van der Waals surface area contributed by atoms with Gasteiger partial charge < -0.3 is 10.6 Å². The number of likely N-dealkylation sites (tertiary alicyclic amines) is 1. The van der Waals surface area contributed by atoms with Gasteiger partial charge in [-0.3, -0.25) is 4.79 Å². The molecule has 1 aliphatic heterocycles. The van der Waals surface area contributed by atoms with Gasteiger partial charge in [0.1, 0.15) is 0 Å². The Kier molecular flexibility index (Phi) is 3.84. The molecule has 1 aromatic rings. The molecule has 0 spiro atoms. The van der Waals surface area contributed by atoms with Crippen LogP contribution in [0.15, 0.2) is 16.8 Å². The molecule has 4 heteroatoms. The Hall–Kier alpha value is -0.870. The Bertz CT molecular complexity index is 375. The lowest BCUT2D eigenvalue weighted by atomic mass is 10.0. The highest BCUT2D eigenvalue weighted by Gasteiger charge is 2.33. The summed E-state index contributed by atoms with van der Waals surface area (Å²) in [4.78, 5) is 14.3. The van der Waals surface area contributed by atoms with Crippen molar-refractivity contribution < 1.29 is 4.79 Å². The first-order valence-electron chi connectivity index (χ1n) is 6.19. The highest BCUT2D eigenvalue weighted by Crippen LogP contribution is 2.33. The van der Waals surface area contributed by atoms with Gasteiger partial charge in [-0.1, -0.05) is 13.8 Å². The molecule has 3 nitrogen and oxygen atoms in total. The highest BCUT2D eigenvalue weighted by molar-refractivity contribution is 7.07. The normalized spacial score (nSPS) is 22.1. The van der Waals surface area contributed by atoms with E-state index in [0.717, 1.165) is 19.4 Å². The first kappa shape index (κ1) is 12.6. The van der Waals surface area contributed by atoms with Gasteiger partial charge in [0, 0.05) is 6.54 Å². The molecule has 2 heterocycles. The summed E-state index contributed by atoms with van der Waals surface area (Å²) in [7, 11) is 0. The summed E-state index contributed by atoms with van der Waals surface area (Å²) in [5.41, 5.74) is 7.23. The Balaban J connectivity index is 2.12. The van der Waals surface area contributed by atoms with Crippen LogP contribution in [-0.4, -0.2) is 23.4 Å². The minimum absolute atomic E-state index is 0.105. The maximum Gasteiger partial charge on any atom is 0.240 e. The van der Waals surface area contributed by atoms with Crippen LogP contribution in [0.3, 0.4) is 0 Å². The third-order valence-electron chi connectivity index (χ3n) is 3.47. The van der Waals surface area contributed by atoms with Crippen LogP contribution in [0.2, 0.25) is 0 Å². The molecule has 17 heavy (non-hydrogen) atoms. The summed E-state index contributed by atoms with van der Waals surface area (Å²) in [6.07, 6.45) is 2.14. The molecule has 1 aromatic heterocycles. The maximum absolute atomic E-state index is 12.3. The molecule has 1 fully saturated rings. The first-order chi connectivity index (χ1) is 8.11. The molecule has 1 unspecified atom stereocenters. The zero-order valence-electron chi connectivity index (χ0n) is 10.4. The molecule has 94 valence electrons. The van der Waals surface area contributed by atoms with Gasteiger partial charge in [-0.15, -0.1) is 0 Å². The minimum Gasteiger partial charge on any atom is -0.334 e. The summed E-state index contributed by atoms with van der Waals surface area (Å²) in [5, 5.41) is 4.20. The van der Waals surface area contributed by atoms with Gasteiger partial charge >= 0.3 is 0 Å². The molecule has 1 amide bonds. The van der Waals surface area contributed by atoms with E-state index in [4.69, 9.17) is 5.73 Å². The largest absolute Gasteiger partial charge is 0.334 e. The fourth-order valence-corrected chi connectivity index (χ4v) is 3.03. The Morgan fingerprint density at radius 2 is 2.35 bits per heavy atom. The van der Waals surface area contributed by atoms with Gasteiger partial charge in [0.2, 0.25) is 5.91 Å². The van der Waals surface area contributed by atoms with Crippen LogP contribution in [0.25, 0.3) is 0 Å². The van der Waals surface area contributed by atoms with Crippen molar-refractivity contribution >= 4 is 17.2 Å². The van der Waals surface area contributed by atoms with Crippen LogP contribution in [0.1, 0.15) is 38.3 Å². The topological polar surface area (TPSA) is 46.3 Å². The number of nitrogens with two attached hydrogens (primary N) is 1. The number of hydrogen-bond acceptors (Lipinski definition) is 3. The molecule has 2 rings (SSSR count). The van der Waals surface area contributed by atoms with E-state index < -0.39 is 0 Å². The predicted molar refractivity (Wildman–Crippen MR) is 70.8 cm³/mol. The second-order valence-electron chi connectivity index (χ2n) is 5.02. The van der Waals surface area contributed by atoms with E-state index in [1.807, 2.05) is 18.7 Å². The quantitative estimate of drug-likeness (QED) is 0.898. The molecule has 0 saturated carbocycles. The van der Waals surface area contributed by atoms with Gasteiger partial charge in [0.15, 0.2) is 0 Å². The smallest absolute Gasteiger partial charge is 0.240 e. The summed E-state index contributed by atoms with van der Waals surface area (Å²) < 4.78 is 0. The SMILES string of the molecule is CC(C)[C@H](N)C(=O)N1CCCC1c1ccsc1. The van der Waals surface area contributed by atoms with Gasteiger partial charge in [-0.05, 0) is 41.1 Å². The Morgan fingerprint density at radius 3 is 2.94 bits per heavy atom. The zero-order chi connectivity index (χ0) is 12.4. The predicted octanol–water partition coefficient (Wildman–Crippen LogP) is 2.39. The number of thiophene rings is 1. The van der Waals surface area contributed by atoms with Crippen LogP contribution in [0, 0.1) is 5.92 Å². The molecule has 0 bridgehead atoms. The van der Waals surface area contributed by atoms with E-state index in [2.05, 4.69) is 16.8 Å². The first-order valence-corrected chi connectivity index (χ1v) is 7.13. The molecule has 1 aliphatic rings. The number of rotatable bonds is 3. The second kappa shape index (κ2) is 5.19. The molecule has 0 aromatic carbocycles. The van der Waals surface area contributed by atoms with Crippen LogP contribution in [0.5, 0.6) is 0 Å². The van der Waals surface area contributed by atoms with Gasteiger partial charge in [0.05, 0.1) is 12.1 Å². The molecule has 1 saturated heterocycles. The number of hydrogen-bond donors (Lipinski definition) is 1. The zero-order valence-corrected chi connectivity index (χ0v) is 11.2. The summed E-state index contributed by atoms with van der Waals surface area (Å²) >= 11 is 1.69. The Labute approximate surface area is 107 Å². The van der Waals surface area contributed by atoms with E-state index in [1.165, 1.54) is 5.56 Å². The van der Waals surface area contributed by atoms with Gasteiger partial charge in [0.25, 0.3) is 0 Å². The Morgan fingerprint density at radius 1 is 1.59 bits per heavy atom. The third kappa shape index (κ3) is 2.53. The minimum atomic E-state index is -0.366. The van der Waals surface area contributed by atoms with Crippen molar-refractivity contribution in [3.05, 3.63) is 22.4 Å². The fraction of sp³-hybridized carbons (Fsp3) is 0.615. The maximum atomic E-state index is 12.3. The summed E-state index contributed by atoms with van der Waals surface area (Å²) in [6.45, 7) is 4.84. The van der Waals surface area contributed by atoms with Crippen molar-refractivity contribution in [2.45, 2.75) is 38.8 Å². The van der Waals surface area contributed by atoms with Crippen molar-refractivity contribution in [1.82, 2.24) is 4.90 Å². The van der Waals surface area contributed by atoms with Gasteiger partial charge in [-0.2, -0.15) is 11.3 Å². The van der Waals surface area contributed by atoms with Crippen LogP contribution >= 0.6 is 11.3 Å². The van der Waals surface area contributed by atoms with E-state index in [9.17, 15) is 4.79 Å². The standard InChI is InChI=1S/C13H20N2OS/c1-9(2)12(14)13(16)15-6-3-4-11(15)10-5-7-17-8-10/h5,7-9,11-12H,3-4,6,14H2,1-2H3/t11?,12-/m0/s1. The number of amides is 1. The number of carbonyl (C=O) groups excluding carboxylic acids is 1. The molecular formula is C13H20N2OS. The number of nitrogens with zero attached hydrogens (tertiary/aromatic N) is 1. The van der Waals surface area contributed by atoms with E-state index in [-0.39, 0.29) is 23.9 Å². The molecule has 0 radical (unpaired) electrons. The third-order valence-corrected chi connectivity index (χ3v) is 4.17. The van der Waals surface area contributed by atoms with Gasteiger partial charge in [-0.25, -0.2) is 0 Å². The van der Waals surface area contributed by atoms with E-state index in [1.54, 1.807) is 11.3 Å². The van der Waals surface area contributed by atoms with Crippen LogP contribution in [0.4, 0.5) is 0 Å². The lowest BCUT2D eigenvalue weighted by molar-refractivity contribution is -0.134. The molecule has 0 aliphatic carbocycles. The van der Waals surface area contributed by atoms with E-state index >= 15 is 0 Å². The molecule has 2 N–H and O–H groups in total. The molecule has 2 atom stereocenters. The van der Waals surface area contributed by atoms with Crippen LogP contribution in [-0.2, 0) is 4.79 Å².